The van der Waals surface area contributed by atoms with Crippen molar-refractivity contribution in [3.63, 3.8) is 0 Å². The first-order valence-corrected chi connectivity index (χ1v) is 9.52. The van der Waals surface area contributed by atoms with Crippen LogP contribution in [0.1, 0.15) is 20.3 Å². The summed E-state index contributed by atoms with van der Waals surface area (Å²) in [6.45, 7) is 5.55. The molecule has 0 saturated heterocycles. The fourth-order valence-electron chi connectivity index (χ4n) is 2.93. The predicted octanol–water partition coefficient (Wildman–Crippen LogP) is 5.07. The summed E-state index contributed by atoms with van der Waals surface area (Å²) < 4.78 is 10.8. The Kier molecular flexibility index (Phi) is 5.28. The molecular weight excluding hydrogens is 352 g/mol. The van der Waals surface area contributed by atoms with Crippen molar-refractivity contribution in [1.29, 1.82) is 0 Å². The number of hydrogen-bond acceptors (Lipinski definition) is 6. The highest BCUT2D eigenvalue weighted by Gasteiger charge is 2.14. The van der Waals surface area contributed by atoms with Crippen molar-refractivity contribution in [2.24, 2.45) is 5.92 Å². The largest absolute Gasteiger partial charge is 0.454 e. The van der Waals surface area contributed by atoms with Crippen molar-refractivity contribution in [3.8, 4) is 22.9 Å². The molecular formula is C22H24N4O2. The SMILES string of the molecule is CC(C)CCNc1cc(Nc2ccc3c(c2)OCO3)nc(-c2ccccc2)n1. The summed E-state index contributed by atoms with van der Waals surface area (Å²) in [7, 11) is 0. The van der Waals surface area contributed by atoms with Gasteiger partial charge in [0.1, 0.15) is 11.6 Å². The molecule has 0 amide bonds. The lowest BCUT2D eigenvalue weighted by atomic mass is 10.1. The molecule has 28 heavy (non-hydrogen) atoms. The zero-order chi connectivity index (χ0) is 19.3. The third-order valence-corrected chi connectivity index (χ3v) is 4.43. The third-order valence-electron chi connectivity index (χ3n) is 4.43. The van der Waals surface area contributed by atoms with Gasteiger partial charge in [0.25, 0.3) is 0 Å². The molecule has 0 saturated carbocycles. The van der Waals surface area contributed by atoms with Crippen molar-refractivity contribution in [2.45, 2.75) is 20.3 Å². The Bertz CT molecular complexity index is 945. The third kappa shape index (κ3) is 4.34. The molecule has 6 heteroatoms. The van der Waals surface area contributed by atoms with E-state index in [0.29, 0.717) is 11.7 Å². The lowest BCUT2D eigenvalue weighted by Gasteiger charge is -2.13. The topological polar surface area (TPSA) is 68.3 Å². The smallest absolute Gasteiger partial charge is 0.231 e. The van der Waals surface area contributed by atoms with Crippen LogP contribution in [0.25, 0.3) is 11.4 Å². The van der Waals surface area contributed by atoms with Gasteiger partial charge in [0.2, 0.25) is 6.79 Å². The van der Waals surface area contributed by atoms with Crippen molar-refractivity contribution >= 4 is 17.3 Å². The Morgan fingerprint density at radius 3 is 2.54 bits per heavy atom. The van der Waals surface area contributed by atoms with E-state index >= 15 is 0 Å². The summed E-state index contributed by atoms with van der Waals surface area (Å²) in [6.07, 6.45) is 1.08. The van der Waals surface area contributed by atoms with E-state index < -0.39 is 0 Å². The number of hydrogen-bond donors (Lipinski definition) is 2. The van der Waals surface area contributed by atoms with Gasteiger partial charge in [-0.05, 0) is 24.5 Å². The summed E-state index contributed by atoms with van der Waals surface area (Å²) in [5, 5.41) is 6.77. The van der Waals surface area contributed by atoms with E-state index in [1.807, 2.05) is 54.6 Å². The number of nitrogens with one attached hydrogen (secondary N) is 2. The molecule has 1 aliphatic heterocycles. The number of ether oxygens (including phenoxy) is 2. The molecule has 2 N–H and O–H groups in total. The standard InChI is InChI=1S/C22H24N4O2/c1-15(2)10-11-23-20-13-21(26-22(25-20)16-6-4-3-5-7-16)24-17-8-9-18-19(12-17)28-14-27-18/h3-9,12-13,15H,10-11,14H2,1-2H3,(H2,23,24,25,26). The Morgan fingerprint density at radius 2 is 1.71 bits per heavy atom. The lowest BCUT2D eigenvalue weighted by Crippen LogP contribution is -2.08. The second-order valence-corrected chi connectivity index (χ2v) is 7.13. The highest BCUT2D eigenvalue weighted by Crippen LogP contribution is 2.35. The van der Waals surface area contributed by atoms with Gasteiger partial charge in [-0.15, -0.1) is 0 Å². The molecule has 0 radical (unpaired) electrons. The quantitative estimate of drug-likeness (QED) is 0.600. The molecule has 2 aromatic carbocycles. The van der Waals surface area contributed by atoms with E-state index in [1.165, 1.54) is 0 Å². The van der Waals surface area contributed by atoms with E-state index in [9.17, 15) is 0 Å². The van der Waals surface area contributed by atoms with Crippen LogP contribution < -0.4 is 20.1 Å². The molecule has 1 aromatic heterocycles. The van der Waals surface area contributed by atoms with E-state index in [1.54, 1.807) is 0 Å². The molecule has 0 aliphatic carbocycles. The summed E-state index contributed by atoms with van der Waals surface area (Å²) in [4.78, 5) is 9.39. The van der Waals surface area contributed by atoms with Crippen LogP contribution in [0.15, 0.2) is 54.6 Å². The van der Waals surface area contributed by atoms with E-state index in [4.69, 9.17) is 19.4 Å². The number of benzene rings is 2. The molecule has 6 nitrogen and oxygen atoms in total. The molecule has 2 heterocycles. The van der Waals surface area contributed by atoms with Crippen LogP contribution in [0.5, 0.6) is 11.5 Å². The van der Waals surface area contributed by atoms with Crippen molar-refractivity contribution in [1.82, 2.24) is 9.97 Å². The number of anilines is 3. The van der Waals surface area contributed by atoms with Gasteiger partial charge >= 0.3 is 0 Å². The maximum absolute atomic E-state index is 5.46. The molecule has 144 valence electrons. The second-order valence-electron chi connectivity index (χ2n) is 7.13. The highest BCUT2D eigenvalue weighted by atomic mass is 16.7. The lowest BCUT2D eigenvalue weighted by molar-refractivity contribution is 0.174. The number of nitrogens with zero attached hydrogens (tertiary/aromatic N) is 2. The number of fused-ring (bicyclic) bond motifs is 1. The van der Waals surface area contributed by atoms with Gasteiger partial charge in [-0.3, -0.25) is 0 Å². The average molecular weight is 376 g/mol. The van der Waals surface area contributed by atoms with Gasteiger partial charge in [-0.1, -0.05) is 44.2 Å². The molecule has 0 spiro atoms. The van der Waals surface area contributed by atoms with Gasteiger partial charge in [0.15, 0.2) is 17.3 Å². The Labute approximate surface area is 164 Å². The molecule has 3 aromatic rings. The molecule has 1 aliphatic rings. The molecule has 4 rings (SSSR count). The van der Waals surface area contributed by atoms with Crippen LogP contribution in [0.2, 0.25) is 0 Å². The van der Waals surface area contributed by atoms with Crippen LogP contribution in [0.4, 0.5) is 17.3 Å². The minimum absolute atomic E-state index is 0.258. The Hall–Kier alpha value is -3.28. The van der Waals surface area contributed by atoms with Crippen LogP contribution >= 0.6 is 0 Å². The van der Waals surface area contributed by atoms with Gasteiger partial charge in [-0.2, -0.15) is 0 Å². The Balaban J connectivity index is 1.61. The normalized spacial score (nSPS) is 12.2. The summed E-state index contributed by atoms with van der Waals surface area (Å²) in [5.41, 5.74) is 1.86. The number of aromatic nitrogens is 2. The van der Waals surface area contributed by atoms with Gasteiger partial charge in [0, 0.05) is 29.9 Å². The Morgan fingerprint density at radius 1 is 0.929 bits per heavy atom. The molecule has 0 unspecified atom stereocenters. The zero-order valence-electron chi connectivity index (χ0n) is 16.1. The van der Waals surface area contributed by atoms with Gasteiger partial charge in [0.05, 0.1) is 0 Å². The predicted molar refractivity (Wildman–Crippen MR) is 111 cm³/mol. The minimum Gasteiger partial charge on any atom is -0.454 e. The first-order chi connectivity index (χ1) is 13.7. The van der Waals surface area contributed by atoms with Crippen LogP contribution in [0, 0.1) is 5.92 Å². The van der Waals surface area contributed by atoms with Crippen molar-refractivity contribution in [3.05, 3.63) is 54.6 Å². The molecule has 0 fully saturated rings. The molecule has 0 atom stereocenters. The second kappa shape index (κ2) is 8.17. The summed E-state index contributed by atoms with van der Waals surface area (Å²) >= 11 is 0. The molecule has 0 bridgehead atoms. The highest BCUT2D eigenvalue weighted by molar-refractivity contribution is 5.67. The van der Waals surface area contributed by atoms with Crippen LogP contribution in [-0.2, 0) is 0 Å². The first kappa shape index (κ1) is 18.1. The maximum atomic E-state index is 5.46. The van der Waals surface area contributed by atoms with E-state index in [2.05, 4.69) is 24.5 Å². The van der Waals surface area contributed by atoms with Crippen molar-refractivity contribution < 1.29 is 9.47 Å². The minimum atomic E-state index is 0.258. The summed E-state index contributed by atoms with van der Waals surface area (Å²) in [5.74, 6) is 4.33. The van der Waals surface area contributed by atoms with E-state index in [-0.39, 0.29) is 6.79 Å². The zero-order valence-corrected chi connectivity index (χ0v) is 16.1. The summed E-state index contributed by atoms with van der Waals surface area (Å²) in [6, 6.07) is 17.7. The fourth-order valence-corrected chi connectivity index (χ4v) is 2.93. The van der Waals surface area contributed by atoms with E-state index in [0.717, 1.165) is 47.4 Å². The van der Waals surface area contributed by atoms with Crippen molar-refractivity contribution in [2.75, 3.05) is 24.0 Å². The van der Waals surface area contributed by atoms with Gasteiger partial charge in [-0.25, -0.2) is 9.97 Å². The fraction of sp³-hybridized carbons (Fsp3) is 0.273. The first-order valence-electron chi connectivity index (χ1n) is 9.52. The van der Waals surface area contributed by atoms with Crippen LogP contribution in [-0.4, -0.2) is 23.3 Å². The maximum Gasteiger partial charge on any atom is 0.231 e. The monoisotopic (exact) mass is 376 g/mol. The average Bonchev–Trinajstić information content (AvgIpc) is 3.16. The van der Waals surface area contributed by atoms with Gasteiger partial charge < -0.3 is 20.1 Å². The number of rotatable bonds is 7. The van der Waals surface area contributed by atoms with Crippen LogP contribution in [0.3, 0.4) is 0 Å².